The number of nitrogens with zero attached hydrogens (tertiary/aromatic N) is 2. The highest BCUT2D eigenvalue weighted by Crippen LogP contribution is 2.22. The molecule has 0 bridgehead atoms. The minimum absolute atomic E-state index is 0.169. The van der Waals surface area contributed by atoms with Gasteiger partial charge in [0.05, 0.1) is 0 Å². The molecule has 0 radical (unpaired) electrons. The van der Waals surface area contributed by atoms with Gasteiger partial charge in [0.15, 0.2) is 0 Å². The predicted octanol–water partition coefficient (Wildman–Crippen LogP) is 4.39. The zero-order chi connectivity index (χ0) is 21.1. The summed E-state index contributed by atoms with van der Waals surface area (Å²) < 4.78 is 5.88. The number of rotatable bonds is 6. The molecule has 2 N–H and O–H groups in total. The van der Waals surface area contributed by atoms with Crippen LogP contribution in [0.15, 0.2) is 54.6 Å². The van der Waals surface area contributed by atoms with Crippen LogP contribution in [-0.2, 0) is 13.2 Å². The molecular formula is C24H24N4O2. The number of carbonyl (C=O) groups excluding carboxylic acids is 1. The summed E-state index contributed by atoms with van der Waals surface area (Å²) in [4.78, 5) is 24.6. The van der Waals surface area contributed by atoms with Crippen molar-refractivity contribution in [2.75, 3.05) is 0 Å². The van der Waals surface area contributed by atoms with Crippen molar-refractivity contribution in [2.45, 2.75) is 33.9 Å². The summed E-state index contributed by atoms with van der Waals surface area (Å²) >= 11 is 0. The SMILES string of the molecule is Cc1nc(C)c(CNC(=O)c2cc3ccc(OCc4ccccc4)cc3[nH]2)c(C)n1. The predicted molar refractivity (Wildman–Crippen MR) is 116 cm³/mol. The van der Waals surface area contributed by atoms with Gasteiger partial charge in [-0.3, -0.25) is 4.79 Å². The number of aromatic amines is 1. The Bertz CT molecular complexity index is 1180. The number of fused-ring (bicyclic) bond motifs is 1. The third-order valence-electron chi connectivity index (χ3n) is 5.05. The Balaban J connectivity index is 1.44. The lowest BCUT2D eigenvalue weighted by atomic mass is 10.1. The summed E-state index contributed by atoms with van der Waals surface area (Å²) in [7, 11) is 0. The lowest BCUT2D eigenvalue weighted by Crippen LogP contribution is -2.24. The van der Waals surface area contributed by atoms with E-state index in [1.54, 1.807) is 0 Å². The number of carbonyl (C=O) groups is 1. The quantitative estimate of drug-likeness (QED) is 0.503. The molecule has 2 aromatic carbocycles. The van der Waals surface area contributed by atoms with E-state index in [1.807, 2.05) is 75.4 Å². The van der Waals surface area contributed by atoms with Crippen molar-refractivity contribution in [1.82, 2.24) is 20.3 Å². The fourth-order valence-electron chi connectivity index (χ4n) is 3.49. The van der Waals surface area contributed by atoms with E-state index in [0.717, 1.165) is 45.0 Å². The maximum absolute atomic E-state index is 12.7. The zero-order valence-electron chi connectivity index (χ0n) is 17.3. The van der Waals surface area contributed by atoms with Crippen LogP contribution >= 0.6 is 0 Å². The number of nitrogens with one attached hydrogen (secondary N) is 2. The Morgan fingerprint density at radius 3 is 2.47 bits per heavy atom. The number of amides is 1. The molecule has 152 valence electrons. The van der Waals surface area contributed by atoms with Crippen LogP contribution in [0.25, 0.3) is 10.9 Å². The van der Waals surface area contributed by atoms with Gasteiger partial charge >= 0.3 is 0 Å². The molecule has 0 atom stereocenters. The first kappa shape index (κ1) is 19.6. The number of hydrogen-bond donors (Lipinski definition) is 2. The first-order chi connectivity index (χ1) is 14.5. The highest BCUT2D eigenvalue weighted by Gasteiger charge is 2.13. The first-order valence-corrected chi connectivity index (χ1v) is 9.88. The monoisotopic (exact) mass is 400 g/mol. The average Bonchev–Trinajstić information content (AvgIpc) is 3.15. The number of aromatic nitrogens is 3. The smallest absolute Gasteiger partial charge is 0.267 e. The lowest BCUT2D eigenvalue weighted by Gasteiger charge is -2.10. The zero-order valence-corrected chi connectivity index (χ0v) is 17.3. The van der Waals surface area contributed by atoms with E-state index < -0.39 is 0 Å². The standard InChI is InChI=1S/C24H24N4O2/c1-15-21(16(2)27-17(3)26-15)13-25-24(29)23-11-19-9-10-20(12-22(19)28-23)30-14-18-7-5-4-6-8-18/h4-12,28H,13-14H2,1-3H3,(H,25,29). The van der Waals surface area contributed by atoms with E-state index in [-0.39, 0.29) is 5.91 Å². The Kier molecular flexibility index (Phi) is 5.48. The normalized spacial score (nSPS) is 10.9. The van der Waals surface area contributed by atoms with Crippen LogP contribution in [0.5, 0.6) is 5.75 Å². The van der Waals surface area contributed by atoms with Gasteiger partial charge in [0.2, 0.25) is 0 Å². The number of benzene rings is 2. The maximum Gasteiger partial charge on any atom is 0.267 e. The number of aryl methyl sites for hydroxylation is 3. The Labute approximate surface area is 175 Å². The second-order valence-electron chi connectivity index (χ2n) is 7.31. The van der Waals surface area contributed by atoms with Crippen LogP contribution in [0.4, 0.5) is 0 Å². The van der Waals surface area contributed by atoms with Crippen LogP contribution in [0.2, 0.25) is 0 Å². The summed E-state index contributed by atoms with van der Waals surface area (Å²) in [5.41, 5.74) is 5.19. The van der Waals surface area contributed by atoms with E-state index in [4.69, 9.17) is 4.74 Å². The second-order valence-corrected chi connectivity index (χ2v) is 7.31. The summed E-state index contributed by atoms with van der Waals surface area (Å²) in [6.45, 7) is 6.62. The molecule has 0 saturated heterocycles. The molecule has 0 spiro atoms. The van der Waals surface area contributed by atoms with Gasteiger partial charge in [-0.15, -0.1) is 0 Å². The van der Waals surface area contributed by atoms with E-state index in [0.29, 0.717) is 18.8 Å². The first-order valence-electron chi connectivity index (χ1n) is 9.88. The fraction of sp³-hybridized carbons (Fsp3) is 0.208. The molecule has 0 fully saturated rings. The minimum atomic E-state index is -0.169. The Morgan fingerprint density at radius 2 is 1.73 bits per heavy atom. The highest BCUT2D eigenvalue weighted by molar-refractivity contribution is 5.98. The average molecular weight is 400 g/mol. The van der Waals surface area contributed by atoms with Crippen molar-refractivity contribution in [3.8, 4) is 5.75 Å². The fourth-order valence-corrected chi connectivity index (χ4v) is 3.49. The van der Waals surface area contributed by atoms with Crippen molar-refractivity contribution in [3.63, 3.8) is 0 Å². The van der Waals surface area contributed by atoms with Gasteiger partial charge in [-0.1, -0.05) is 30.3 Å². The van der Waals surface area contributed by atoms with Gasteiger partial charge in [-0.25, -0.2) is 9.97 Å². The van der Waals surface area contributed by atoms with Gasteiger partial charge in [0.1, 0.15) is 23.9 Å². The molecule has 6 heteroatoms. The number of H-pyrrole nitrogens is 1. The number of ether oxygens (including phenoxy) is 1. The largest absolute Gasteiger partial charge is 0.489 e. The summed E-state index contributed by atoms with van der Waals surface area (Å²) in [6, 6.07) is 17.6. The molecule has 30 heavy (non-hydrogen) atoms. The maximum atomic E-state index is 12.7. The molecule has 0 aliphatic carbocycles. The Hall–Kier alpha value is -3.67. The molecule has 4 rings (SSSR count). The highest BCUT2D eigenvalue weighted by atomic mass is 16.5. The molecule has 2 heterocycles. The minimum Gasteiger partial charge on any atom is -0.489 e. The van der Waals surface area contributed by atoms with Crippen LogP contribution in [0.3, 0.4) is 0 Å². The molecule has 2 aromatic heterocycles. The second kappa shape index (κ2) is 8.37. The topological polar surface area (TPSA) is 79.9 Å². The van der Waals surface area contributed by atoms with Crippen LogP contribution in [0.1, 0.15) is 38.8 Å². The molecule has 1 amide bonds. The van der Waals surface area contributed by atoms with E-state index in [9.17, 15) is 4.79 Å². The number of hydrogen-bond acceptors (Lipinski definition) is 4. The molecule has 6 nitrogen and oxygen atoms in total. The van der Waals surface area contributed by atoms with Crippen molar-refractivity contribution < 1.29 is 9.53 Å². The van der Waals surface area contributed by atoms with Crippen LogP contribution in [0, 0.1) is 20.8 Å². The van der Waals surface area contributed by atoms with E-state index in [1.165, 1.54) is 0 Å². The summed E-state index contributed by atoms with van der Waals surface area (Å²) in [6.07, 6.45) is 0. The third-order valence-corrected chi connectivity index (χ3v) is 5.05. The molecular weight excluding hydrogens is 376 g/mol. The van der Waals surface area contributed by atoms with Crippen LogP contribution < -0.4 is 10.1 Å². The third kappa shape index (κ3) is 4.33. The summed E-state index contributed by atoms with van der Waals surface area (Å²) in [5.74, 6) is 1.32. The molecule has 0 saturated carbocycles. The van der Waals surface area contributed by atoms with Crippen molar-refractivity contribution >= 4 is 16.8 Å². The lowest BCUT2D eigenvalue weighted by molar-refractivity contribution is 0.0946. The van der Waals surface area contributed by atoms with E-state index in [2.05, 4.69) is 20.3 Å². The molecule has 0 aliphatic heterocycles. The van der Waals surface area contributed by atoms with Crippen LogP contribution in [-0.4, -0.2) is 20.9 Å². The van der Waals surface area contributed by atoms with Gasteiger partial charge in [0, 0.05) is 40.5 Å². The van der Waals surface area contributed by atoms with Gasteiger partial charge in [0.25, 0.3) is 5.91 Å². The van der Waals surface area contributed by atoms with E-state index >= 15 is 0 Å². The summed E-state index contributed by atoms with van der Waals surface area (Å²) in [5, 5.41) is 3.91. The van der Waals surface area contributed by atoms with Crippen molar-refractivity contribution in [3.05, 3.63) is 88.6 Å². The molecule has 4 aromatic rings. The molecule has 0 aliphatic rings. The van der Waals surface area contributed by atoms with Crippen molar-refractivity contribution in [2.24, 2.45) is 0 Å². The molecule has 0 unspecified atom stereocenters. The van der Waals surface area contributed by atoms with Gasteiger partial charge in [-0.05, 0) is 44.5 Å². The Morgan fingerprint density at radius 1 is 1.00 bits per heavy atom. The van der Waals surface area contributed by atoms with Gasteiger partial charge in [-0.2, -0.15) is 0 Å². The van der Waals surface area contributed by atoms with Gasteiger partial charge < -0.3 is 15.0 Å². The van der Waals surface area contributed by atoms with Crippen molar-refractivity contribution in [1.29, 1.82) is 0 Å².